The molecule has 2 aromatic carbocycles. The Balaban J connectivity index is 1.90. The number of nitrogens with one attached hydrogen (secondary N) is 1. The molecule has 104 valence electrons. The van der Waals surface area contributed by atoms with Crippen LogP contribution < -0.4 is 15.8 Å². The number of para-hydroxylation sites is 1. The molecule has 0 atom stereocenters. The number of nitrogen functional groups attached to an aromatic ring is 1. The standard InChI is InChI=1S/C16H18N2O2/c1-2-12-8-9-15(14(17)10-12)20-11-16(19)18-13-6-4-3-5-7-13/h3-10H,2,11,17H2,1H3,(H,18,19). The van der Waals surface area contributed by atoms with Crippen molar-refractivity contribution in [1.29, 1.82) is 0 Å². The number of benzene rings is 2. The van der Waals surface area contributed by atoms with E-state index in [2.05, 4.69) is 12.2 Å². The number of hydrogen-bond acceptors (Lipinski definition) is 3. The van der Waals surface area contributed by atoms with Gasteiger partial charge < -0.3 is 15.8 Å². The molecule has 0 saturated carbocycles. The molecule has 0 aliphatic rings. The van der Waals surface area contributed by atoms with Crippen molar-refractivity contribution in [3.8, 4) is 5.75 Å². The fraction of sp³-hybridized carbons (Fsp3) is 0.188. The first-order valence-corrected chi connectivity index (χ1v) is 6.55. The van der Waals surface area contributed by atoms with Gasteiger partial charge in [0, 0.05) is 5.69 Å². The summed E-state index contributed by atoms with van der Waals surface area (Å²) < 4.78 is 5.43. The molecule has 4 heteroatoms. The molecule has 3 N–H and O–H groups in total. The molecule has 4 nitrogen and oxygen atoms in total. The van der Waals surface area contributed by atoms with Crippen LogP contribution in [0.15, 0.2) is 48.5 Å². The molecule has 0 aromatic heterocycles. The summed E-state index contributed by atoms with van der Waals surface area (Å²) >= 11 is 0. The Morgan fingerprint density at radius 2 is 1.95 bits per heavy atom. The van der Waals surface area contributed by atoms with E-state index in [-0.39, 0.29) is 12.5 Å². The number of carbonyl (C=O) groups excluding carboxylic acids is 1. The van der Waals surface area contributed by atoms with Gasteiger partial charge in [0.05, 0.1) is 5.69 Å². The van der Waals surface area contributed by atoms with Crippen molar-refractivity contribution in [2.24, 2.45) is 0 Å². The molecule has 0 heterocycles. The molecule has 1 amide bonds. The van der Waals surface area contributed by atoms with Gasteiger partial charge in [0.2, 0.25) is 0 Å². The molecular weight excluding hydrogens is 252 g/mol. The van der Waals surface area contributed by atoms with Crippen molar-refractivity contribution >= 4 is 17.3 Å². The minimum Gasteiger partial charge on any atom is -0.482 e. The first-order valence-electron chi connectivity index (χ1n) is 6.55. The molecule has 20 heavy (non-hydrogen) atoms. The maximum atomic E-state index is 11.7. The van der Waals surface area contributed by atoms with Gasteiger partial charge in [-0.15, -0.1) is 0 Å². The van der Waals surface area contributed by atoms with Gasteiger partial charge in [0.25, 0.3) is 5.91 Å². The van der Waals surface area contributed by atoms with Crippen LogP contribution >= 0.6 is 0 Å². The summed E-state index contributed by atoms with van der Waals surface area (Å²) in [7, 11) is 0. The van der Waals surface area contributed by atoms with Gasteiger partial charge >= 0.3 is 0 Å². The Hall–Kier alpha value is -2.49. The van der Waals surface area contributed by atoms with Crippen molar-refractivity contribution in [2.75, 3.05) is 17.7 Å². The summed E-state index contributed by atoms with van der Waals surface area (Å²) in [4.78, 5) is 11.7. The zero-order valence-corrected chi connectivity index (χ0v) is 11.4. The van der Waals surface area contributed by atoms with E-state index in [9.17, 15) is 4.79 Å². The summed E-state index contributed by atoms with van der Waals surface area (Å²) in [5.74, 6) is 0.320. The van der Waals surface area contributed by atoms with Crippen LogP contribution in [0.3, 0.4) is 0 Å². The highest BCUT2D eigenvalue weighted by Crippen LogP contribution is 2.22. The predicted octanol–water partition coefficient (Wildman–Crippen LogP) is 2.85. The van der Waals surface area contributed by atoms with E-state index in [1.165, 1.54) is 0 Å². The first-order chi connectivity index (χ1) is 9.69. The molecule has 0 radical (unpaired) electrons. The topological polar surface area (TPSA) is 64.3 Å². The van der Waals surface area contributed by atoms with Crippen LogP contribution in [0.25, 0.3) is 0 Å². The van der Waals surface area contributed by atoms with E-state index in [4.69, 9.17) is 10.5 Å². The van der Waals surface area contributed by atoms with Crippen molar-refractivity contribution in [3.05, 3.63) is 54.1 Å². The smallest absolute Gasteiger partial charge is 0.262 e. The number of ether oxygens (including phenoxy) is 1. The molecule has 0 bridgehead atoms. The normalized spacial score (nSPS) is 10.1. The Bertz CT molecular complexity index is 582. The highest BCUT2D eigenvalue weighted by Gasteiger charge is 2.06. The van der Waals surface area contributed by atoms with Gasteiger partial charge in [-0.05, 0) is 36.2 Å². The summed E-state index contributed by atoms with van der Waals surface area (Å²) in [5, 5.41) is 2.75. The molecule has 2 aromatic rings. The van der Waals surface area contributed by atoms with E-state index >= 15 is 0 Å². The molecule has 0 spiro atoms. The average Bonchev–Trinajstić information content (AvgIpc) is 2.47. The lowest BCUT2D eigenvalue weighted by molar-refractivity contribution is -0.118. The van der Waals surface area contributed by atoms with Gasteiger partial charge in [0.1, 0.15) is 5.75 Å². The second-order valence-electron chi connectivity index (χ2n) is 4.43. The Labute approximate surface area is 118 Å². The highest BCUT2D eigenvalue weighted by molar-refractivity contribution is 5.91. The van der Waals surface area contributed by atoms with Crippen molar-refractivity contribution in [2.45, 2.75) is 13.3 Å². The molecule has 0 saturated heterocycles. The summed E-state index contributed by atoms with van der Waals surface area (Å²) in [6.45, 7) is 1.99. The maximum absolute atomic E-state index is 11.7. The van der Waals surface area contributed by atoms with Crippen LogP contribution in [-0.2, 0) is 11.2 Å². The van der Waals surface area contributed by atoms with Crippen LogP contribution in [-0.4, -0.2) is 12.5 Å². The second kappa shape index (κ2) is 6.61. The van der Waals surface area contributed by atoms with Crippen LogP contribution in [0.1, 0.15) is 12.5 Å². The average molecular weight is 270 g/mol. The minimum absolute atomic E-state index is 0.0649. The maximum Gasteiger partial charge on any atom is 0.262 e. The third-order valence-corrected chi connectivity index (χ3v) is 2.90. The van der Waals surface area contributed by atoms with Crippen LogP contribution in [0.4, 0.5) is 11.4 Å². The minimum atomic E-state index is -0.213. The summed E-state index contributed by atoms with van der Waals surface area (Å²) in [6.07, 6.45) is 0.916. The SMILES string of the molecule is CCc1ccc(OCC(=O)Nc2ccccc2)c(N)c1. The lowest BCUT2D eigenvalue weighted by Crippen LogP contribution is -2.20. The number of amides is 1. The van der Waals surface area contributed by atoms with E-state index in [0.717, 1.165) is 17.7 Å². The number of anilines is 2. The summed E-state index contributed by atoms with van der Waals surface area (Å²) in [5.41, 5.74) is 8.32. The van der Waals surface area contributed by atoms with E-state index < -0.39 is 0 Å². The highest BCUT2D eigenvalue weighted by atomic mass is 16.5. The van der Waals surface area contributed by atoms with Gasteiger partial charge in [-0.3, -0.25) is 4.79 Å². The third kappa shape index (κ3) is 3.75. The molecule has 0 unspecified atom stereocenters. The molecule has 0 aliphatic carbocycles. The van der Waals surface area contributed by atoms with Crippen LogP contribution in [0.2, 0.25) is 0 Å². The van der Waals surface area contributed by atoms with Gasteiger partial charge in [-0.1, -0.05) is 31.2 Å². The number of nitrogens with two attached hydrogens (primary N) is 1. The molecular formula is C16H18N2O2. The number of aryl methyl sites for hydroxylation is 1. The lowest BCUT2D eigenvalue weighted by Gasteiger charge is -2.10. The molecule has 0 fully saturated rings. The lowest BCUT2D eigenvalue weighted by atomic mass is 10.1. The second-order valence-corrected chi connectivity index (χ2v) is 4.43. The monoisotopic (exact) mass is 270 g/mol. The van der Waals surface area contributed by atoms with Crippen LogP contribution in [0.5, 0.6) is 5.75 Å². The third-order valence-electron chi connectivity index (χ3n) is 2.90. The van der Waals surface area contributed by atoms with E-state index in [0.29, 0.717) is 11.4 Å². The molecule has 2 rings (SSSR count). The van der Waals surface area contributed by atoms with Crippen molar-refractivity contribution < 1.29 is 9.53 Å². The summed E-state index contributed by atoms with van der Waals surface area (Å²) in [6, 6.07) is 14.9. The van der Waals surface area contributed by atoms with Crippen molar-refractivity contribution in [1.82, 2.24) is 0 Å². The van der Waals surface area contributed by atoms with Gasteiger partial charge in [0.15, 0.2) is 6.61 Å². The van der Waals surface area contributed by atoms with Crippen LogP contribution in [0, 0.1) is 0 Å². The Morgan fingerprint density at radius 1 is 1.20 bits per heavy atom. The Kier molecular flexibility index (Phi) is 4.60. The van der Waals surface area contributed by atoms with E-state index in [1.54, 1.807) is 6.07 Å². The predicted molar refractivity (Wildman–Crippen MR) is 80.8 cm³/mol. The number of rotatable bonds is 5. The fourth-order valence-electron chi connectivity index (χ4n) is 1.81. The van der Waals surface area contributed by atoms with Gasteiger partial charge in [-0.25, -0.2) is 0 Å². The first kappa shape index (κ1) is 13.9. The largest absolute Gasteiger partial charge is 0.482 e. The van der Waals surface area contributed by atoms with Gasteiger partial charge in [-0.2, -0.15) is 0 Å². The zero-order valence-electron chi connectivity index (χ0n) is 11.4. The fourth-order valence-corrected chi connectivity index (χ4v) is 1.81. The molecule has 0 aliphatic heterocycles. The van der Waals surface area contributed by atoms with E-state index in [1.807, 2.05) is 42.5 Å². The zero-order chi connectivity index (χ0) is 14.4. The Morgan fingerprint density at radius 3 is 2.60 bits per heavy atom. The number of carbonyl (C=O) groups is 1. The quantitative estimate of drug-likeness (QED) is 0.821. The number of hydrogen-bond donors (Lipinski definition) is 2. The van der Waals surface area contributed by atoms with Crippen molar-refractivity contribution in [3.63, 3.8) is 0 Å².